The van der Waals surface area contributed by atoms with Gasteiger partial charge in [0.25, 0.3) is 6.43 Å². The SMILES string of the molecule is FC(F)c1cccc(CNCC(F)(F)C(F)F)c1. The Morgan fingerprint density at radius 2 is 1.78 bits per heavy atom. The van der Waals surface area contributed by atoms with E-state index >= 15 is 0 Å². The molecule has 102 valence electrons. The summed E-state index contributed by atoms with van der Waals surface area (Å²) >= 11 is 0. The van der Waals surface area contributed by atoms with Crippen LogP contribution >= 0.6 is 0 Å². The molecule has 0 aliphatic carbocycles. The third kappa shape index (κ3) is 4.21. The van der Waals surface area contributed by atoms with Gasteiger partial charge in [0.05, 0.1) is 6.54 Å². The Morgan fingerprint density at radius 1 is 1.11 bits per heavy atom. The minimum atomic E-state index is -4.12. The predicted molar refractivity (Wildman–Crippen MR) is 54.1 cm³/mol. The van der Waals surface area contributed by atoms with E-state index in [1.54, 1.807) is 0 Å². The summed E-state index contributed by atoms with van der Waals surface area (Å²) < 4.78 is 73.3. The molecular formula is C11H11F6N. The maximum atomic E-state index is 12.5. The van der Waals surface area contributed by atoms with Crippen molar-refractivity contribution in [2.75, 3.05) is 6.54 Å². The van der Waals surface area contributed by atoms with Crippen LogP contribution in [0.15, 0.2) is 24.3 Å². The van der Waals surface area contributed by atoms with E-state index in [2.05, 4.69) is 5.32 Å². The van der Waals surface area contributed by atoms with Gasteiger partial charge in [0.1, 0.15) is 0 Å². The summed E-state index contributed by atoms with van der Waals surface area (Å²) in [6, 6.07) is 5.13. The van der Waals surface area contributed by atoms with Gasteiger partial charge in [-0.05, 0) is 11.6 Å². The van der Waals surface area contributed by atoms with E-state index in [0.717, 1.165) is 6.07 Å². The van der Waals surface area contributed by atoms with Crippen molar-refractivity contribution < 1.29 is 26.3 Å². The Morgan fingerprint density at radius 3 is 2.33 bits per heavy atom. The largest absolute Gasteiger partial charge is 0.319 e. The Kier molecular flexibility index (Phi) is 5.01. The minimum absolute atomic E-state index is 0.178. The van der Waals surface area contributed by atoms with E-state index in [1.807, 2.05) is 0 Å². The standard InChI is InChI=1S/C11H11F6N/c12-9(13)8-3-1-2-7(4-8)5-18-6-11(16,17)10(14)15/h1-4,9-10,18H,5-6H2. The molecule has 0 fully saturated rings. The molecule has 0 heterocycles. The van der Waals surface area contributed by atoms with Crippen LogP contribution in [0.25, 0.3) is 0 Å². The van der Waals surface area contributed by atoms with Crippen molar-refractivity contribution in [3.05, 3.63) is 35.4 Å². The molecule has 1 aromatic rings. The Bertz CT molecular complexity index is 380. The zero-order valence-corrected chi connectivity index (χ0v) is 9.15. The number of benzene rings is 1. The van der Waals surface area contributed by atoms with E-state index in [1.165, 1.54) is 18.2 Å². The van der Waals surface area contributed by atoms with Crippen LogP contribution in [0.3, 0.4) is 0 Å². The molecule has 7 heteroatoms. The summed E-state index contributed by atoms with van der Waals surface area (Å²) in [6.45, 7) is -1.38. The van der Waals surface area contributed by atoms with E-state index in [9.17, 15) is 26.3 Å². The fourth-order valence-corrected chi connectivity index (χ4v) is 1.29. The maximum absolute atomic E-state index is 12.5. The second-order valence-electron chi connectivity index (χ2n) is 3.71. The van der Waals surface area contributed by atoms with Gasteiger partial charge < -0.3 is 5.32 Å². The van der Waals surface area contributed by atoms with Crippen LogP contribution in [0, 0.1) is 0 Å². The van der Waals surface area contributed by atoms with Crippen LogP contribution in [0.5, 0.6) is 0 Å². The number of rotatable bonds is 6. The average Bonchev–Trinajstić information content (AvgIpc) is 2.29. The van der Waals surface area contributed by atoms with Gasteiger partial charge in [-0.2, -0.15) is 8.78 Å². The highest BCUT2D eigenvalue weighted by Gasteiger charge is 2.39. The van der Waals surface area contributed by atoms with Gasteiger partial charge in [-0.25, -0.2) is 17.6 Å². The van der Waals surface area contributed by atoms with Crippen molar-refractivity contribution in [1.29, 1.82) is 0 Å². The molecule has 0 radical (unpaired) electrons. The third-order valence-corrected chi connectivity index (χ3v) is 2.21. The molecule has 1 rings (SSSR count). The van der Waals surface area contributed by atoms with E-state index in [0.29, 0.717) is 5.56 Å². The molecule has 0 saturated carbocycles. The monoisotopic (exact) mass is 271 g/mol. The highest BCUT2D eigenvalue weighted by Crippen LogP contribution is 2.22. The number of nitrogens with one attached hydrogen (secondary N) is 1. The summed E-state index contributed by atoms with van der Waals surface area (Å²) in [5.41, 5.74) is 0.0905. The van der Waals surface area contributed by atoms with Gasteiger partial charge in [0.15, 0.2) is 0 Å². The first kappa shape index (κ1) is 14.8. The van der Waals surface area contributed by atoms with Crippen LogP contribution in [-0.2, 0) is 6.54 Å². The molecule has 0 aliphatic heterocycles. The van der Waals surface area contributed by atoms with Gasteiger partial charge in [-0.15, -0.1) is 0 Å². The van der Waals surface area contributed by atoms with Gasteiger partial charge >= 0.3 is 12.3 Å². The van der Waals surface area contributed by atoms with Gasteiger partial charge in [0.2, 0.25) is 0 Å². The number of alkyl halides is 6. The molecule has 0 aromatic heterocycles. The summed E-state index contributed by atoms with van der Waals surface area (Å²) in [4.78, 5) is 0. The molecular weight excluding hydrogens is 260 g/mol. The van der Waals surface area contributed by atoms with Crippen molar-refractivity contribution in [3.8, 4) is 0 Å². The molecule has 0 bridgehead atoms. The first-order valence-corrected chi connectivity index (χ1v) is 5.06. The van der Waals surface area contributed by atoms with Crippen LogP contribution in [0.2, 0.25) is 0 Å². The van der Waals surface area contributed by atoms with E-state index in [-0.39, 0.29) is 12.1 Å². The first-order valence-electron chi connectivity index (χ1n) is 5.06. The Labute approximate surface area is 99.8 Å². The molecule has 0 unspecified atom stereocenters. The second kappa shape index (κ2) is 6.08. The zero-order chi connectivity index (χ0) is 13.8. The fraction of sp³-hybridized carbons (Fsp3) is 0.455. The number of hydrogen-bond acceptors (Lipinski definition) is 1. The topological polar surface area (TPSA) is 12.0 Å². The van der Waals surface area contributed by atoms with Crippen LogP contribution in [0.1, 0.15) is 17.6 Å². The lowest BCUT2D eigenvalue weighted by Crippen LogP contribution is -2.38. The minimum Gasteiger partial charge on any atom is -0.307 e. The predicted octanol–water partition coefficient (Wildman–Crippen LogP) is 3.61. The summed E-state index contributed by atoms with van der Waals surface area (Å²) in [5, 5.41) is 2.11. The van der Waals surface area contributed by atoms with Crippen LogP contribution < -0.4 is 5.32 Å². The zero-order valence-electron chi connectivity index (χ0n) is 9.15. The number of hydrogen-bond donors (Lipinski definition) is 1. The quantitative estimate of drug-likeness (QED) is 0.779. The van der Waals surface area contributed by atoms with Crippen molar-refractivity contribution in [3.63, 3.8) is 0 Å². The van der Waals surface area contributed by atoms with Crippen molar-refractivity contribution in [2.45, 2.75) is 25.3 Å². The molecule has 0 spiro atoms. The molecule has 0 atom stereocenters. The van der Waals surface area contributed by atoms with Crippen molar-refractivity contribution in [2.24, 2.45) is 0 Å². The van der Waals surface area contributed by atoms with E-state index < -0.39 is 25.3 Å². The summed E-state index contributed by atoms with van der Waals surface area (Å²) in [5.74, 6) is -4.12. The molecule has 0 aliphatic rings. The van der Waals surface area contributed by atoms with Gasteiger partial charge in [-0.1, -0.05) is 18.2 Å². The molecule has 0 saturated heterocycles. The summed E-state index contributed by atoms with van der Waals surface area (Å²) in [7, 11) is 0. The smallest absolute Gasteiger partial charge is 0.307 e. The lowest BCUT2D eigenvalue weighted by atomic mass is 10.1. The molecule has 1 N–H and O–H groups in total. The van der Waals surface area contributed by atoms with Crippen LogP contribution in [-0.4, -0.2) is 18.9 Å². The lowest BCUT2D eigenvalue weighted by molar-refractivity contribution is -0.125. The van der Waals surface area contributed by atoms with Gasteiger partial charge in [0, 0.05) is 12.1 Å². The Hall–Kier alpha value is -1.24. The lowest BCUT2D eigenvalue weighted by Gasteiger charge is -2.15. The molecule has 18 heavy (non-hydrogen) atoms. The molecule has 0 amide bonds. The third-order valence-electron chi connectivity index (χ3n) is 2.21. The van der Waals surface area contributed by atoms with Crippen LogP contribution in [0.4, 0.5) is 26.3 Å². The van der Waals surface area contributed by atoms with Crippen molar-refractivity contribution >= 4 is 0 Å². The Balaban J connectivity index is 2.52. The fourth-order valence-electron chi connectivity index (χ4n) is 1.29. The highest BCUT2D eigenvalue weighted by molar-refractivity contribution is 5.24. The number of halogens is 6. The average molecular weight is 271 g/mol. The highest BCUT2D eigenvalue weighted by atomic mass is 19.3. The maximum Gasteiger partial charge on any atom is 0.319 e. The molecule has 1 aromatic carbocycles. The second-order valence-corrected chi connectivity index (χ2v) is 3.71. The molecule has 1 nitrogen and oxygen atoms in total. The normalized spacial score (nSPS) is 12.4. The first-order chi connectivity index (χ1) is 8.33. The summed E-state index contributed by atoms with van der Waals surface area (Å²) in [6.07, 6.45) is -6.41. The van der Waals surface area contributed by atoms with Crippen molar-refractivity contribution in [1.82, 2.24) is 5.32 Å². The van der Waals surface area contributed by atoms with E-state index in [4.69, 9.17) is 0 Å². The van der Waals surface area contributed by atoms with Gasteiger partial charge in [-0.3, -0.25) is 0 Å².